The highest BCUT2D eigenvalue weighted by Crippen LogP contribution is 2.30. The van der Waals surface area contributed by atoms with Gasteiger partial charge in [-0.05, 0) is 69.3 Å². The van der Waals surface area contributed by atoms with E-state index in [1.165, 1.54) is 17.8 Å². The standard InChI is InChI=1S/C26H44N4O5S/c1-20-15-24(34-6)16-21(2)26(20)36(32,33)29(5)13-14-35-19-25(31)28(4)18-22-7-8-23(17-22)30-11-9-27(3)10-12-30/h15-16,22-23H,7-14,17-19H2,1-6H3/t22-,23+/m0/s1. The van der Waals surface area contributed by atoms with Crippen molar-refractivity contribution >= 4 is 15.9 Å². The van der Waals surface area contributed by atoms with Gasteiger partial charge in [0.05, 0.1) is 18.6 Å². The van der Waals surface area contributed by atoms with Crippen LogP contribution < -0.4 is 4.74 Å². The van der Waals surface area contributed by atoms with E-state index in [9.17, 15) is 13.2 Å². The van der Waals surface area contributed by atoms with Crippen LogP contribution in [0.3, 0.4) is 0 Å². The van der Waals surface area contributed by atoms with E-state index in [1.54, 1.807) is 38.0 Å². The van der Waals surface area contributed by atoms with Gasteiger partial charge < -0.3 is 19.3 Å². The molecule has 204 valence electrons. The number of ether oxygens (including phenoxy) is 2. The lowest BCUT2D eigenvalue weighted by atomic mass is 10.1. The fourth-order valence-electron chi connectivity index (χ4n) is 5.40. The molecule has 0 unspecified atom stereocenters. The Morgan fingerprint density at radius 2 is 1.72 bits per heavy atom. The lowest BCUT2D eigenvalue weighted by Crippen LogP contribution is -2.48. The molecule has 1 aromatic rings. The topological polar surface area (TPSA) is 82.6 Å². The minimum atomic E-state index is -3.68. The monoisotopic (exact) mass is 524 g/mol. The van der Waals surface area contributed by atoms with E-state index < -0.39 is 10.0 Å². The molecule has 1 saturated heterocycles. The number of amides is 1. The van der Waals surface area contributed by atoms with Crippen molar-refractivity contribution in [1.29, 1.82) is 0 Å². The Morgan fingerprint density at radius 1 is 1.08 bits per heavy atom. The largest absolute Gasteiger partial charge is 0.497 e. The molecule has 1 aliphatic heterocycles. The number of hydrogen-bond donors (Lipinski definition) is 0. The number of nitrogens with zero attached hydrogens (tertiary/aromatic N) is 4. The van der Waals surface area contributed by atoms with Crippen molar-refractivity contribution in [2.24, 2.45) is 5.92 Å². The fourth-order valence-corrected chi connectivity index (χ4v) is 6.95. The Labute approximate surface area is 217 Å². The van der Waals surface area contributed by atoms with Gasteiger partial charge in [-0.2, -0.15) is 4.31 Å². The Balaban J connectivity index is 1.40. The van der Waals surface area contributed by atoms with Crippen LogP contribution in [-0.2, 0) is 19.6 Å². The first-order valence-electron chi connectivity index (χ1n) is 12.9. The van der Waals surface area contributed by atoms with Gasteiger partial charge in [0, 0.05) is 59.4 Å². The van der Waals surface area contributed by atoms with Crippen molar-refractivity contribution in [2.45, 2.75) is 44.0 Å². The third kappa shape index (κ3) is 7.19. The maximum atomic E-state index is 13.1. The number of piperazine rings is 1. The van der Waals surface area contributed by atoms with Crippen LogP contribution in [0, 0.1) is 19.8 Å². The third-order valence-electron chi connectivity index (χ3n) is 7.64. The van der Waals surface area contributed by atoms with Crippen molar-refractivity contribution in [1.82, 2.24) is 19.0 Å². The summed E-state index contributed by atoms with van der Waals surface area (Å²) in [5, 5.41) is 0. The van der Waals surface area contributed by atoms with Crippen molar-refractivity contribution in [2.75, 3.05) is 80.7 Å². The molecule has 2 fully saturated rings. The summed E-state index contributed by atoms with van der Waals surface area (Å²) in [5.74, 6) is 1.09. The molecule has 1 aromatic carbocycles. The van der Waals surface area contributed by atoms with Gasteiger partial charge in [0.25, 0.3) is 0 Å². The molecule has 3 rings (SSSR count). The van der Waals surface area contributed by atoms with Crippen LogP contribution >= 0.6 is 0 Å². The van der Waals surface area contributed by atoms with Gasteiger partial charge >= 0.3 is 0 Å². The number of hydrogen-bond acceptors (Lipinski definition) is 7. The predicted molar refractivity (Wildman–Crippen MR) is 141 cm³/mol. The molecule has 10 heteroatoms. The summed E-state index contributed by atoms with van der Waals surface area (Å²) >= 11 is 0. The van der Waals surface area contributed by atoms with Gasteiger partial charge in [0.1, 0.15) is 12.4 Å². The number of aryl methyl sites for hydroxylation is 2. The predicted octanol–water partition coefficient (Wildman–Crippen LogP) is 1.82. The van der Waals surface area contributed by atoms with Crippen molar-refractivity contribution in [3.63, 3.8) is 0 Å². The van der Waals surface area contributed by atoms with Crippen molar-refractivity contribution in [3.05, 3.63) is 23.3 Å². The van der Waals surface area contributed by atoms with E-state index in [0.29, 0.717) is 28.8 Å². The Hall–Kier alpha value is -1.72. The van der Waals surface area contributed by atoms with E-state index in [0.717, 1.165) is 45.6 Å². The van der Waals surface area contributed by atoms with E-state index in [4.69, 9.17) is 9.47 Å². The van der Waals surface area contributed by atoms with Crippen LogP contribution in [0.4, 0.5) is 0 Å². The second-order valence-electron chi connectivity index (χ2n) is 10.4. The molecule has 2 atom stereocenters. The van der Waals surface area contributed by atoms with E-state index >= 15 is 0 Å². The van der Waals surface area contributed by atoms with Crippen LogP contribution in [0.25, 0.3) is 0 Å². The van der Waals surface area contributed by atoms with Gasteiger partial charge in [0.2, 0.25) is 15.9 Å². The van der Waals surface area contributed by atoms with Crippen LogP contribution in [0.5, 0.6) is 5.75 Å². The highest BCUT2D eigenvalue weighted by atomic mass is 32.2. The number of sulfonamides is 1. The number of likely N-dealkylation sites (N-methyl/N-ethyl adjacent to an activating group) is 3. The van der Waals surface area contributed by atoms with Crippen molar-refractivity contribution < 1.29 is 22.7 Å². The molecular weight excluding hydrogens is 480 g/mol. The molecule has 0 bridgehead atoms. The highest BCUT2D eigenvalue weighted by molar-refractivity contribution is 7.89. The SMILES string of the molecule is COc1cc(C)c(S(=O)(=O)N(C)CCOCC(=O)N(C)C[C@H]2CC[C@@H](N3CCN(C)CC3)C2)c(C)c1. The first-order valence-corrected chi connectivity index (χ1v) is 14.3. The molecule has 1 saturated carbocycles. The summed E-state index contributed by atoms with van der Waals surface area (Å²) in [5.41, 5.74) is 1.27. The number of rotatable bonds is 11. The summed E-state index contributed by atoms with van der Waals surface area (Å²) in [6.45, 7) is 9.09. The van der Waals surface area contributed by atoms with Crippen LogP contribution in [-0.4, -0.2) is 120 Å². The number of carbonyl (C=O) groups excluding carboxylic acids is 1. The van der Waals surface area contributed by atoms with Crippen molar-refractivity contribution in [3.8, 4) is 5.75 Å². The number of methoxy groups -OCH3 is 1. The summed E-state index contributed by atoms with van der Waals surface area (Å²) in [6, 6.07) is 4.08. The van der Waals surface area contributed by atoms with Crippen LogP contribution in [0.1, 0.15) is 30.4 Å². The first kappa shape index (κ1) is 28.8. The maximum Gasteiger partial charge on any atom is 0.248 e. The normalized spacial score (nSPS) is 21.8. The Bertz CT molecular complexity index is 971. The van der Waals surface area contributed by atoms with Crippen LogP contribution in [0.15, 0.2) is 17.0 Å². The maximum absolute atomic E-state index is 13.1. The molecule has 1 aliphatic carbocycles. The third-order valence-corrected chi connectivity index (χ3v) is 9.80. The zero-order valence-electron chi connectivity index (χ0n) is 22.8. The summed E-state index contributed by atoms with van der Waals surface area (Å²) in [6.07, 6.45) is 3.51. The van der Waals surface area contributed by atoms with E-state index in [2.05, 4.69) is 16.8 Å². The summed E-state index contributed by atoms with van der Waals surface area (Å²) in [4.78, 5) is 19.6. The molecule has 0 N–H and O–H groups in total. The van der Waals surface area contributed by atoms with Crippen LogP contribution in [0.2, 0.25) is 0 Å². The second-order valence-corrected chi connectivity index (χ2v) is 12.4. The summed E-state index contributed by atoms with van der Waals surface area (Å²) in [7, 11) is 3.43. The molecule has 2 aliphatic rings. The first-order chi connectivity index (χ1) is 17.0. The minimum Gasteiger partial charge on any atom is -0.497 e. The Morgan fingerprint density at radius 3 is 2.33 bits per heavy atom. The van der Waals surface area contributed by atoms with Gasteiger partial charge in [0.15, 0.2) is 0 Å². The average Bonchev–Trinajstić information content (AvgIpc) is 3.29. The number of carbonyl (C=O) groups is 1. The molecule has 1 heterocycles. The van der Waals surface area contributed by atoms with Gasteiger partial charge in [-0.3, -0.25) is 9.69 Å². The molecule has 9 nitrogen and oxygen atoms in total. The second kappa shape index (κ2) is 12.7. The smallest absolute Gasteiger partial charge is 0.248 e. The molecule has 36 heavy (non-hydrogen) atoms. The molecule has 0 spiro atoms. The molecular formula is C26H44N4O5S. The lowest BCUT2D eigenvalue weighted by Gasteiger charge is -2.36. The molecule has 1 amide bonds. The van der Waals surface area contributed by atoms with Gasteiger partial charge in [-0.1, -0.05) is 0 Å². The number of benzene rings is 1. The quantitative estimate of drug-likeness (QED) is 0.409. The Kier molecular flexibility index (Phi) is 10.2. The molecule has 0 radical (unpaired) electrons. The van der Waals surface area contributed by atoms with E-state index in [1.807, 2.05) is 7.05 Å². The fraction of sp³-hybridized carbons (Fsp3) is 0.731. The summed E-state index contributed by atoms with van der Waals surface area (Å²) < 4.78 is 38.3. The average molecular weight is 525 g/mol. The van der Waals surface area contributed by atoms with E-state index in [-0.39, 0.29) is 30.6 Å². The zero-order chi connectivity index (χ0) is 26.5. The highest BCUT2D eigenvalue weighted by Gasteiger charge is 2.32. The van der Waals surface area contributed by atoms with Gasteiger partial charge in [-0.15, -0.1) is 0 Å². The molecule has 0 aromatic heterocycles. The zero-order valence-corrected chi connectivity index (χ0v) is 23.6. The minimum absolute atomic E-state index is 0.0421. The van der Waals surface area contributed by atoms with Gasteiger partial charge in [-0.25, -0.2) is 8.42 Å². The lowest BCUT2D eigenvalue weighted by molar-refractivity contribution is -0.135.